The van der Waals surface area contributed by atoms with Crippen molar-refractivity contribution in [2.75, 3.05) is 0 Å². The molecule has 0 bridgehead atoms. The molecule has 0 aliphatic carbocycles. The molecule has 0 heterocycles. The van der Waals surface area contributed by atoms with Crippen LogP contribution in [0.4, 0.5) is 0 Å². The Morgan fingerprint density at radius 1 is 0.947 bits per heavy atom. The van der Waals surface area contributed by atoms with Crippen molar-refractivity contribution in [3.8, 4) is 0 Å². The molecule has 0 aromatic rings. The molecule has 0 atom stereocenters. The summed E-state index contributed by atoms with van der Waals surface area (Å²) in [4.78, 5) is 0. The minimum absolute atomic E-state index is 0.353. The van der Waals surface area contributed by atoms with Crippen LogP contribution in [0.5, 0.6) is 0 Å². The van der Waals surface area contributed by atoms with Gasteiger partial charge >= 0.3 is 8.56 Å². The first-order valence-electron chi connectivity index (χ1n) is 7.23. The molecule has 0 N–H and O–H groups in total. The smallest absolute Gasteiger partial charge is 0.323 e. The van der Waals surface area contributed by atoms with Crippen LogP contribution in [0, 0.1) is 0 Å². The predicted octanol–water partition coefficient (Wildman–Crippen LogP) is 4.52. The Morgan fingerprint density at radius 3 is 1.53 bits per heavy atom. The van der Waals surface area contributed by atoms with Gasteiger partial charge in [-0.25, -0.2) is 0 Å². The van der Waals surface area contributed by atoms with Gasteiger partial charge < -0.3 is 12.7 Å². The van der Waals surface area contributed by atoms with Crippen LogP contribution in [0.3, 0.4) is 0 Å². The van der Waals surface area contributed by atoms with Gasteiger partial charge in [0, 0.05) is 5.67 Å². The van der Waals surface area contributed by atoms with Gasteiger partial charge in [0.15, 0.2) is 16.6 Å². The van der Waals surface area contributed by atoms with E-state index in [4.69, 9.17) is 8.23 Å². The van der Waals surface area contributed by atoms with Crippen LogP contribution in [-0.2, 0) is 12.7 Å². The minimum atomic E-state index is -2.37. The lowest BCUT2D eigenvalue weighted by molar-refractivity contribution is 0.365. The van der Waals surface area contributed by atoms with E-state index in [0.717, 1.165) is 6.04 Å². The van der Waals surface area contributed by atoms with Crippen molar-refractivity contribution in [1.29, 1.82) is 0 Å². The summed E-state index contributed by atoms with van der Waals surface area (Å²) in [6.07, 6.45) is 0. The Hall–Kier alpha value is 0.588. The molecule has 0 aromatic carbocycles. The van der Waals surface area contributed by atoms with Gasteiger partial charge in [-0.05, 0) is 50.9 Å². The van der Waals surface area contributed by atoms with Crippen molar-refractivity contribution in [1.82, 2.24) is 0 Å². The highest BCUT2D eigenvalue weighted by Gasteiger charge is 2.48. The molecular weight excluding hydrogens is 304 g/mol. The first kappa shape index (κ1) is 19.6. The molecule has 0 aliphatic heterocycles. The topological polar surface area (TPSA) is 35.5 Å². The lowest BCUT2D eigenvalue weighted by Crippen LogP contribution is -2.57. The molecule has 114 valence electrons. The maximum Gasteiger partial charge on any atom is 0.323 e. The molecule has 0 aliphatic rings. The van der Waals surface area contributed by atoms with Crippen LogP contribution >= 0.6 is 0 Å². The van der Waals surface area contributed by atoms with E-state index in [1.807, 2.05) is 6.92 Å². The zero-order chi connectivity index (χ0) is 15.5. The van der Waals surface area contributed by atoms with Crippen LogP contribution in [0.1, 0.15) is 20.8 Å². The van der Waals surface area contributed by atoms with Gasteiger partial charge in [0.25, 0.3) is 8.68 Å². The lowest BCUT2D eigenvalue weighted by Gasteiger charge is -2.43. The largest absolute Gasteiger partial charge is 0.436 e. The van der Waals surface area contributed by atoms with E-state index in [9.17, 15) is 4.46 Å². The zero-order valence-corrected chi connectivity index (χ0v) is 18.2. The van der Waals surface area contributed by atoms with Gasteiger partial charge in [0.05, 0.1) is 0 Å². The fraction of sp³-hybridized carbons (Fsp3) is 1.00. The average molecular weight is 337 g/mol. The molecule has 0 aromatic heterocycles. The molecular formula is C12H32O3Si4. The van der Waals surface area contributed by atoms with Gasteiger partial charge in [-0.3, -0.25) is 0 Å². The third-order valence-electron chi connectivity index (χ3n) is 2.68. The molecule has 3 nitrogen and oxygen atoms in total. The van der Waals surface area contributed by atoms with Gasteiger partial charge in [0.2, 0.25) is 0 Å². The molecule has 19 heavy (non-hydrogen) atoms. The highest BCUT2D eigenvalue weighted by molar-refractivity contribution is 6.92. The highest BCUT2D eigenvalue weighted by Crippen LogP contribution is 2.34. The predicted molar refractivity (Wildman–Crippen MR) is 91.4 cm³/mol. The van der Waals surface area contributed by atoms with E-state index in [1.54, 1.807) is 0 Å². The fourth-order valence-electron chi connectivity index (χ4n) is 1.97. The van der Waals surface area contributed by atoms with Crippen molar-refractivity contribution in [2.45, 2.75) is 77.3 Å². The van der Waals surface area contributed by atoms with Crippen LogP contribution < -0.4 is 0 Å². The summed E-state index contributed by atoms with van der Waals surface area (Å²) >= 11 is 0. The summed E-state index contributed by atoms with van der Waals surface area (Å²) < 4.78 is 25.3. The first-order chi connectivity index (χ1) is 8.31. The third kappa shape index (κ3) is 7.81. The second-order valence-corrected chi connectivity index (χ2v) is 23.5. The van der Waals surface area contributed by atoms with E-state index in [1.165, 1.54) is 0 Å². The molecule has 7 heteroatoms. The fourth-order valence-corrected chi connectivity index (χ4v) is 19.4. The SMILES string of the molecule is CC[Si](=O)C[Si](O[Si](C)(C)C)(O[Si](C)(C)C)C(C)C. The molecule has 0 amide bonds. The highest BCUT2D eigenvalue weighted by atomic mass is 28.5. The molecule has 0 saturated heterocycles. The summed E-state index contributed by atoms with van der Waals surface area (Å²) in [5, 5.41) is 0. The Kier molecular flexibility index (Phi) is 7.25. The van der Waals surface area contributed by atoms with Crippen LogP contribution in [0.25, 0.3) is 0 Å². The second kappa shape index (κ2) is 7.04. The number of hydrogen-bond donors (Lipinski definition) is 0. The van der Waals surface area contributed by atoms with E-state index < -0.39 is 33.9 Å². The molecule has 0 rings (SSSR count). The average Bonchev–Trinajstić information content (AvgIpc) is 2.11. The number of rotatable bonds is 8. The molecule has 0 spiro atoms. The Balaban J connectivity index is 5.41. The quantitative estimate of drug-likeness (QED) is 0.611. The summed E-state index contributed by atoms with van der Waals surface area (Å²) in [7, 11) is -7.34. The van der Waals surface area contributed by atoms with Gasteiger partial charge in [-0.15, -0.1) is 0 Å². The summed E-state index contributed by atoms with van der Waals surface area (Å²) in [5.41, 5.74) is 1.05. The van der Waals surface area contributed by atoms with E-state index in [0.29, 0.717) is 11.2 Å². The van der Waals surface area contributed by atoms with Crippen molar-refractivity contribution in [3.63, 3.8) is 0 Å². The van der Waals surface area contributed by atoms with Gasteiger partial charge in [0.1, 0.15) is 0 Å². The lowest BCUT2D eigenvalue weighted by atomic mass is 10.6. The Morgan fingerprint density at radius 2 is 1.32 bits per heavy atom. The monoisotopic (exact) mass is 336 g/mol. The van der Waals surface area contributed by atoms with E-state index >= 15 is 0 Å². The maximum absolute atomic E-state index is 12.2. The standard InChI is InChI=1S/C12H32O3Si4/c1-10-16(13)11-19(12(2)3,14-17(4,5)6)15-18(7,8)9/h12H,10-11H2,1-9H3. The van der Waals surface area contributed by atoms with Crippen molar-refractivity contribution in [3.05, 3.63) is 0 Å². The number of hydrogen-bond acceptors (Lipinski definition) is 3. The summed E-state index contributed by atoms with van der Waals surface area (Å²) in [6.45, 7) is 19.6. The Labute approximate surface area is 124 Å². The van der Waals surface area contributed by atoms with Crippen molar-refractivity contribution < 1.29 is 12.7 Å². The molecule has 0 fully saturated rings. The van der Waals surface area contributed by atoms with Crippen LogP contribution in [0.15, 0.2) is 0 Å². The first-order valence-corrected chi connectivity index (χ1v) is 18.0. The molecule has 0 radical (unpaired) electrons. The minimum Gasteiger partial charge on any atom is -0.436 e. The summed E-state index contributed by atoms with van der Waals surface area (Å²) in [6, 6.07) is 0.760. The van der Waals surface area contributed by atoms with Crippen molar-refractivity contribution >= 4 is 33.9 Å². The Bertz CT molecular complexity index is 289. The second-order valence-electron chi connectivity index (χ2n) is 7.46. The van der Waals surface area contributed by atoms with E-state index in [-0.39, 0.29) is 0 Å². The maximum atomic E-state index is 12.2. The normalized spacial score (nSPS) is 14.0. The van der Waals surface area contributed by atoms with E-state index in [2.05, 4.69) is 53.1 Å². The molecule has 0 unspecified atom stereocenters. The third-order valence-corrected chi connectivity index (χ3v) is 16.4. The van der Waals surface area contributed by atoms with Crippen molar-refractivity contribution in [2.24, 2.45) is 0 Å². The van der Waals surface area contributed by atoms with Crippen LogP contribution in [-0.4, -0.2) is 33.9 Å². The van der Waals surface area contributed by atoms with Gasteiger partial charge in [-0.2, -0.15) is 0 Å². The molecule has 0 saturated carbocycles. The van der Waals surface area contributed by atoms with Gasteiger partial charge in [-0.1, -0.05) is 20.8 Å². The summed E-state index contributed by atoms with van der Waals surface area (Å²) in [5.74, 6) is 0. The van der Waals surface area contributed by atoms with Crippen LogP contribution in [0.2, 0.25) is 56.5 Å². The zero-order valence-electron chi connectivity index (χ0n) is 14.2.